The summed E-state index contributed by atoms with van der Waals surface area (Å²) in [6.45, 7) is 1.32. The number of benzene rings is 1. The van der Waals surface area contributed by atoms with E-state index >= 15 is 0 Å². The maximum atomic E-state index is 13.4. The molecule has 2 aromatic heterocycles. The van der Waals surface area contributed by atoms with Gasteiger partial charge in [0.2, 0.25) is 5.88 Å². The molecule has 0 aliphatic rings. The number of thiazole rings is 1. The zero-order chi connectivity index (χ0) is 21.0. The highest BCUT2D eigenvalue weighted by atomic mass is 35.5. The van der Waals surface area contributed by atoms with E-state index in [-0.39, 0.29) is 23.5 Å². The number of amides is 1. The van der Waals surface area contributed by atoms with Crippen molar-refractivity contribution >= 4 is 44.2 Å². The molecule has 0 N–H and O–H groups in total. The van der Waals surface area contributed by atoms with Crippen LogP contribution in [0.3, 0.4) is 0 Å². The first-order valence-corrected chi connectivity index (χ1v) is 10.1. The number of fused-ring (bicyclic) bond motifs is 1. The maximum absolute atomic E-state index is 13.4. The molecule has 0 saturated heterocycles. The lowest BCUT2D eigenvalue weighted by atomic mass is 10.3. The molecular formula is C19H22ClN5O3S. The lowest BCUT2D eigenvalue weighted by molar-refractivity contribution is 0.0979. The van der Waals surface area contributed by atoms with Crippen molar-refractivity contribution in [1.29, 1.82) is 0 Å². The third-order valence-corrected chi connectivity index (χ3v) is 5.37. The summed E-state index contributed by atoms with van der Waals surface area (Å²) in [6.07, 6.45) is 0.773. The number of aromatic nitrogens is 3. The van der Waals surface area contributed by atoms with E-state index < -0.39 is 0 Å². The monoisotopic (exact) mass is 435 g/mol. The zero-order valence-electron chi connectivity index (χ0n) is 16.7. The Morgan fingerprint density at radius 2 is 1.90 bits per heavy atom. The molecule has 0 fully saturated rings. The van der Waals surface area contributed by atoms with Crippen molar-refractivity contribution in [2.24, 2.45) is 0 Å². The number of carbonyl (C=O) groups excluding carboxylic acids is 1. The largest absolute Gasteiger partial charge is 0.481 e. The van der Waals surface area contributed by atoms with E-state index in [1.165, 1.54) is 31.6 Å². The molecule has 0 saturated carbocycles. The van der Waals surface area contributed by atoms with Gasteiger partial charge in [0.15, 0.2) is 5.13 Å². The second-order valence-corrected chi connectivity index (χ2v) is 7.95. The molecular weight excluding hydrogens is 414 g/mol. The van der Waals surface area contributed by atoms with Crippen LogP contribution in [0.5, 0.6) is 11.9 Å². The number of rotatable bonds is 8. The molecule has 8 nitrogen and oxygen atoms in total. The summed E-state index contributed by atoms with van der Waals surface area (Å²) in [4.78, 5) is 29.9. The van der Waals surface area contributed by atoms with E-state index in [0.717, 1.165) is 23.2 Å². The molecule has 0 atom stereocenters. The van der Waals surface area contributed by atoms with Crippen LogP contribution in [-0.2, 0) is 0 Å². The minimum absolute atomic E-state index is 0.0667. The summed E-state index contributed by atoms with van der Waals surface area (Å²) >= 11 is 7.51. The van der Waals surface area contributed by atoms with Crippen molar-refractivity contribution in [3.8, 4) is 11.9 Å². The number of hydrogen-bond acceptors (Lipinski definition) is 8. The molecule has 0 unspecified atom stereocenters. The van der Waals surface area contributed by atoms with E-state index in [4.69, 9.17) is 21.1 Å². The zero-order valence-corrected chi connectivity index (χ0v) is 18.3. The Morgan fingerprint density at radius 1 is 1.10 bits per heavy atom. The van der Waals surface area contributed by atoms with Crippen LogP contribution in [0, 0.1) is 0 Å². The van der Waals surface area contributed by atoms with Crippen molar-refractivity contribution in [2.45, 2.75) is 6.42 Å². The average molecular weight is 436 g/mol. The van der Waals surface area contributed by atoms with Crippen molar-refractivity contribution in [1.82, 2.24) is 19.9 Å². The van der Waals surface area contributed by atoms with E-state index in [1.54, 1.807) is 11.0 Å². The number of halogens is 1. The van der Waals surface area contributed by atoms with Crippen LogP contribution in [0.25, 0.3) is 10.2 Å². The highest BCUT2D eigenvalue weighted by Crippen LogP contribution is 2.32. The first kappa shape index (κ1) is 21.2. The summed E-state index contributed by atoms with van der Waals surface area (Å²) in [5.41, 5.74) is 0.966. The molecule has 1 amide bonds. The van der Waals surface area contributed by atoms with E-state index in [0.29, 0.717) is 16.7 Å². The SMILES string of the molecule is COc1cc(C(=O)N(CCCN(C)C)c2nc3ccc(Cl)cc3s2)nc(OC)n1. The van der Waals surface area contributed by atoms with Crippen LogP contribution >= 0.6 is 22.9 Å². The summed E-state index contributed by atoms with van der Waals surface area (Å²) in [6, 6.07) is 7.03. The van der Waals surface area contributed by atoms with Crippen molar-refractivity contribution in [3.05, 3.63) is 35.0 Å². The lowest BCUT2D eigenvalue weighted by Crippen LogP contribution is -2.34. The Kier molecular flexibility index (Phi) is 6.83. The third-order valence-electron chi connectivity index (χ3n) is 4.10. The molecule has 2 heterocycles. The highest BCUT2D eigenvalue weighted by Gasteiger charge is 2.24. The van der Waals surface area contributed by atoms with Gasteiger partial charge in [0.05, 0.1) is 24.4 Å². The van der Waals surface area contributed by atoms with Gasteiger partial charge in [-0.2, -0.15) is 9.97 Å². The van der Waals surface area contributed by atoms with Gasteiger partial charge in [-0.15, -0.1) is 0 Å². The second kappa shape index (κ2) is 9.34. The van der Waals surface area contributed by atoms with E-state index in [1.807, 2.05) is 26.2 Å². The Bertz CT molecular complexity index is 988. The normalized spacial score (nSPS) is 11.1. The number of ether oxygens (including phenoxy) is 2. The van der Waals surface area contributed by atoms with Gasteiger partial charge in [-0.3, -0.25) is 9.69 Å². The van der Waals surface area contributed by atoms with Crippen molar-refractivity contribution in [2.75, 3.05) is 46.3 Å². The van der Waals surface area contributed by atoms with Gasteiger partial charge in [0, 0.05) is 17.6 Å². The fourth-order valence-corrected chi connectivity index (χ4v) is 3.94. The van der Waals surface area contributed by atoms with Gasteiger partial charge < -0.3 is 14.4 Å². The van der Waals surface area contributed by atoms with Gasteiger partial charge in [0.25, 0.3) is 5.91 Å². The molecule has 10 heteroatoms. The smallest absolute Gasteiger partial charge is 0.320 e. The fourth-order valence-electron chi connectivity index (χ4n) is 2.68. The van der Waals surface area contributed by atoms with Crippen LogP contribution in [-0.4, -0.2) is 67.2 Å². The third kappa shape index (κ3) is 5.11. The maximum Gasteiger partial charge on any atom is 0.320 e. The Morgan fingerprint density at radius 3 is 2.59 bits per heavy atom. The average Bonchev–Trinajstić information content (AvgIpc) is 3.12. The molecule has 3 rings (SSSR count). The van der Waals surface area contributed by atoms with Gasteiger partial charge in [0.1, 0.15) is 5.69 Å². The molecule has 29 heavy (non-hydrogen) atoms. The van der Waals surface area contributed by atoms with Crippen LogP contribution in [0.1, 0.15) is 16.9 Å². The summed E-state index contributed by atoms with van der Waals surface area (Å²) < 4.78 is 11.2. The molecule has 0 radical (unpaired) electrons. The molecule has 0 aliphatic heterocycles. The molecule has 1 aromatic carbocycles. The van der Waals surface area contributed by atoms with E-state index in [9.17, 15) is 4.79 Å². The minimum Gasteiger partial charge on any atom is -0.481 e. The Hall–Kier alpha value is -2.49. The molecule has 3 aromatic rings. The van der Waals surface area contributed by atoms with Crippen LogP contribution in [0.2, 0.25) is 5.02 Å². The molecule has 0 bridgehead atoms. The molecule has 0 spiro atoms. The minimum atomic E-state index is -0.298. The second-order valence-electron chi connectivity index (χ2n) is 6.50. The van der Waals surface area contributed by atoms with Crippen LogP contribution in [0.15, 0.2) is 24.3 Å². The predicted octanol–water partition coefficient (Wildman–Crippen LogP) is 3.36. The van der Waals surface area contributed by atoms with Gasteiger partial charge >= 0.3 is 6.01 Å². The lowest BCUT2D eigenvalue weighted by Gasteiger charge is -2.20. The molecule has 0 aliphatic carbocycles. The van der Waals surface area contributed by atoms with Gasteiger partial charge in [-0.25, -0.2) is 4.98 Å². The Labute approximate surface area is 178 Å². The van der Waals surface area contributed by atoms with E-state index in [2.05, 4.69) is 19.9 Å². The summed E-state index contributed by atoms with van der Waals surface area (Å²) in [5.74, 6) is -0.0440. The fraction of sp³-hybridized carbons (Fsp3) is 0.368. The van der Waals surface area contributed by atoms with Gasteiger partial charge in [-0.1, -0.05) is 22.9 Å². The van der Waals surface area contributed by atoms with Crippen molar-refractivity contribution in [3.63, 3.8) is 0 Å². The Balaban J connectivity index is 1.98. The van der Waals surface area contributed by atoms with Crippen LogP contribution in [0.4, 0.5) is 5.13 Å². The number of nitrogens with zero attached hydrogens (tertiary/aromatic N) is 5. The standard InChI is InChI=1S/C19H22ClN5O3S/c1-24(2)8-5-9-25(19-22-13-7-6-12(20)10-15(13)29-19)17(26)14-11-16(27-3)23-18(21-14)28-4/h6-7,10-11H,5,8-9H2,1-4H3. The van der Waals surface area contributed by atoms with Crippen molar-refractivity contribution < 1.29 is 14.3 Å². The quantitative estimate of drug-likeness (QED) is 0.536. The first-order valence-electron chi connectivity index (χ1n) is 8.91. The number of carbonyl (C=O) groups is 1. The number of methoxy groups -OCH3 is 2. The van der Waals surface area contributed by atoms with Crippen LogP contribution < -0.4 is 14.4 Å². The first-order chi connectivity index (χ1) is 13.9. The topological polar surface area (TPSA) is 80.7 Å². The summed E-state index contributed by atoms with van der Waals surface area (Å²) in [5, 5.41) is 1.21. The summed E-state index contributed by atoms with van der Waals surface area (Å²) in [7, 11) is 6.90. The van der Waals surface area contributed by atoms with Gasteiger partial charge in [-0.05, 0) is 45.3 Å². The predicted molar refractivity (Wildman–Crippen MR) is 115 cm³/mol. The highest BCUT2D eigenvalue weighted by molar-refractivity contribution is 7.22. The number of hydrogen-bond donors (Lipinski definition) is 0. The molecule has 154 valence electrons. The number of anilines is 1.